The van der Waals surface area contributed by atoms with Gasteiger partial charge in [0, 0.05) is 10.6 Å². The molecule has 0 saturated heterocycles. The van der Waals surface area contributed by atoms with E-state index in [1.54, 1.807) is 6.92 Å². The first-order valence-corrected chi connectivity index (χ1v) is 6.62. The second-order valence-corrected chi connectivity index (χ2v) is 5.01. The summed E-state index contributed by atoms with van der Waals surface area (Å²) in [5.74, 6) is -0.205. The lowest BCUT2D eigenvalue weighted by atomic mass is 10.3. The molecule has 0 saturated carbocycles. The van der Waals surface area contributed by atoms with Gasteiger partial charge in [-0.25, -0.2) is 9.78 Å². The standard InChI is InChI=1S/C13H14N2O3S/c1-3-18-10-6-4-9(5-7-10)14-13-15-11(12(16)17)8(2)19-13/h4-7H,3H2,1-2H3,(H,14,15)(H,16,17). The molecule has 0 amide bonds. The fourth-order valence-electron chi connectivity index (χ4n) is 1.57. The van der Waals surface area contributed by atoms with Crippen LogP contribution in [-0.2, 0) is 0 Å². The van der Waals surface area contributed by atoms with Crippen LogP contribution >= 0.6 is 11.3 Å². The van der Waals surface area contributed by atoms with Crippen LogP contribution in [0.5, 0.6) is 5.75 Å². The van der Waals surface area contributed by atoms with Crippen LogP contribution in [0.3, 0.4) is 0 Å². The van der Waals surface area contributed by atoms with E-state index >= 15 is 0 Å². The molecule has 6 heteroatoms. The molecule has 1 aromatic heterocycles. The van der Waals surface area contributed by atoms with E-state index in [-0.39, 0.29) is 5.69 Å². The number of ether oxygens (including phenoxy) is 1. The fourth-order valence-corrected chi connectivity index (χ4v) is 2.40. The van der Waals surface area contributed by atoms with Crippen molar-refractivity contribution in [3.63, 3.8) is 0 Å². The molecule has 2 rings (SSSR count). The number of anilines is 2. The summed E-state index contributed by atoms with van der Waals surface area (Å²) in [6.07, 6.45) is 0. The SMILES string of the molecule is CCOc1ccc(Nc2nc(C(=O)O)c(C)s2)cc1. The molecule has 0 spiro atoms. The molecule has 0 fully saturated rings. The van der Waals surface area contributed by atoms with Crippen molar-refractivity contribution >= 4 is 28.1 Å². The number of nitrogens with one attached hydrogen (secondary N) is 1. The van der Waals surface area contributed by atoms with Gasteiger partial charge in [0.15, 0.2) is 10.8 Å². The highest BCUT2D eigenvalue weighted by molar-refractivity contribution is 7.15. The van der Waals surface area contributed by atoms with E-state index in [1.807, 2.05) is 31.2 Å². The van der Waals surface area contributed by atoms with E-state index in [4.69, 9.17) is 9.84 Å². The minimum atomic E-state index is -1.01. The third-order valence-corrected chi connectivity index (χ3v) is 3.30. The van der Waals surface area contributed by atoms with Gasteiger partial charge < -0.3 is 15.2 Å². The number of nitrogens with zero attached hydrogens (tertiary/aromatic N) is 1. The summed E-state index contributed by atoms with van der Waals surface area (Å²) in [4.78, 5) is 15.6. The van der Waals surface area contributed by atoms with Crippen LogP contribution < -0.4 is 10.1 Å². The number of thiazole rings is 1. The van der Waals surface area contributed by atoms with Gasteiger partial charge in [-0.3, -0.25) is 0 Å². The molecular formula is C13H14N2O3S. The molecule has 19 heavy (non-hydrogen) atoms. The van der Waals surface area contributed by atoms with Gasteiger partial charge in [-0.1, -0.05) is 0 Å². The molecule has 0 aliphatic carbocycles. The lowest BCUT2D eigenvalue weighted by molar-refractivity contribution is 0.0690. The quantitative estimate of drug-likeness (QED) is 0.878. The third kappa shape index (κ3) is 3.23. The normalized spacial score (nSPS) is 10.2. The van der Waals surface area contributed by atoms with Crippen molar-refractivity contribution in [2.45, 2.75) is 13.8 Å². The van der Waals surface area contributed by atoms with Crippen molar-refractivity contribution in [2.75, 3.05) is 11.9 Å². The molecule has 2 aromatic rings. The number of carbonyl (C=O) groups is 1. The van der Waals surface area contributed by atoms with E-state index in [0.29, 0.717) is 16.6 Å². The first kappa shape index (κ1) is 13.4. The third-order valence-electron chi connectivity index (χ3n) is 2.42. The maximum Gasteiger partial charge on any atom is 0.355 e. The summed E-state index contributed by atoms with van der Waals surface area (Å²) in [5, 5.41) is 12.6. The van der Waals surface area contributed by atoms with Gasteiger partial charge >= 0.3 is 5.97 Å². The minimum absolute atomic E-state index is 0.0958. The lowest BCUT2D eigenvalue weighted by Gasteiger charge is -2.05. The van der Waals surface area contributed by atoms with Crippen LogP contribution in [0.4, 0.5) is 10.8 Å². The zero-order chi connectivity index (χ0) is 13.8. The molecule has 1 heterocycles. The Morgan fingerprint density at radius 1 is 1.42 bits per heavy atom. The predicted molar refractivity (Wildman–Crippen MR) is 74.7 cm³/mol. The Morgan fingerprint density at radius 3 is 2.63 bits per heavy atom. The summed E-state index contributed by atoms with van der Waals surface area (Å²) in [7, 11) is 0. The first-order valence-electron chi connectivity index (χ1n) is 5.80. The Hall–Kier alpha value is -2.08. The Morgan fingerprint density at radius 2 is 2.11 bits per heavy atom. The van der Waals surface area contributed by atoms with Crippen molar-refractivity contribution in [3.8, 4) is 5.75 Å². The van der Waals surface area contributed by atoms with Crippen molar-refractivity contribution in [2.24, 2.45) is 0 Å². The summed E-state index contributed by atoms with van der Waals surface area (Å²) >= 11 is 1.32. The van der Waals surface area contributed by atoms with Gasteiger partial charge in [0.05, 0.1) is 6.61 Å². The van der Waals surface area contributed by atoms with Crippen LogP contribution in [0.15, 0.2) is 24.3 Å². The van der Waals surface area contributed by atoms with Gasteiger partial charge in [0.1, 0.15) is 5.75 Å². The summed E-state index contributed by atoms with van der Waals surface area (Å²) < 4.78 is 5.35. The fraction of sp³-hybridized carbons (Fsp3) is 0.231. The van der Waals surface area contributed by atoms with Crippen molar-refractivity contribution < 1.29 is 14.6 Å². The van der Waals surface area contributed by atoms with Gasteiger partial charge in [-0.15, -0.1) is 11.3 Å². The molecule has 0 unspecified atom stereocenters. The Labute approximate surface area is 114 Å². The largest absolute Gasteiger partial charge is 0.494 e. The zero-order valence-corrected chi connectivity index (χ0v) is 11.5. The topological polar surface area (TPSA) is 71.5 Å². The number of aromatic nitrogens is 1. The Balaban J connectivity index is 2.12. The smallest absolute Gasteiger partial charge is 0.355 e. The summed E-state index contributed by atoms with van der Waals surface area (Å²) in [6, 6.07) is 7.43. The van der Waals surface area contributed by atoms with Crippen molar-refractivity contribution in [1.29, 1.82) is 0 Å². The van der Waals surface area contributed by atoms with E-state index in [2.05, 4.69) is 10.3 Å². The number of carboxylic acid groups (broad SMARTS) is 1. The maximum absolute atomic E-state index is 10.9. The number of rotatable bonds is 5. The molecule has 100 valence electrons. The van der Waals surface area contributed by atoms with Crippen LogP contribution in [0.1, 0.15) is 22.3 Å². The van der Waals surface area contributed by atoms with E-state index in [9.17, 15) is 4.79 Å². The number of hydrogen-bond donors (Lipinski definition) is 2. The van der Waals surface area contributed by atoms with E-state index in [1.165, 1.54) is 11.3 Å². The van der Waals surface area contributed by atoms with E-state index in [0.717, 1.165) is 11.4 Å². The number of aromatic carboxylic acids is 1. The molecule has 5 nitrogen and oxygen atoms in total. The highest BCUT2D eigenvalue weighted by Gasteiger charge is 2.13. The van der Waals surface area contributed by atoms with Crippen LogP contribution in [-0.4, -0.2) is 22.7 Å². The Bertz CT molecular complexity index is 578. The van der Waals surface area contributed by atoms with Gasteiger partial charge in [0.25, 0.3) is 0 Å². The van der Waals surface area contributed by atoms with Gasteiger partial charge in [0.2, 0.25) is 0 Å². The molecule has 0 aliphatic rings. The average Bonchev–Trinajstić information content (AvgIpc) is 2.73. The first-order chi connectivity index (χ1) is 9.10. The second kappa shape index (κ2) is 5.71. The minimum Gasteiger partial charge on any atom is -0.494 e. The van der Waals surface area contributed by atoms with Crippen LogP contribution in [0.25, 0.3) is 0 Å². The molecule has 0 atom stereocenters. The molecule has 0 aliphatic heterocycles. The second-order valence-electron chi connectivity index (χ2n) is 3.81. The van der Waals surface area contributed by atoms with Gasteiger partial charge in [-0.05, 0) is 38.1 Å². The maximum atomic E-state index is 10.9. The number of aryl methyl sites for hydroxylation is 1. The number of carboxylic acids is 1. The zero-order valence-electron chi connectivity index (χ0n) is 10.6. The monoisotopic (exact) mass is 278 g/mol. The van der Waals surface area contributed by atoms with Crippen molar-refractivity contribution in [1.82, 2.24) is 4.98 Å². The highest BCUT2D eigenvalue weighted by atomic mass is 32.1. The molecule has 1 aromatic carbocycles. The van der Waals surface area contributed by atoms with Crippen LogP contribution in [0.2, 0.25) is 0 Å². The number of benzene rings is 1. The Kier molecular flexibility index (Phi) is 4.01. The molecular weight excluding hydrogens is 264 g/mol. The summed E-state index contributed by atoms with van der Waals surface area (Å²) in [5.41, 5.74) is 0.938. The molecule has 0 bridgehead atoms. The summed E-state index contributed by atoms with van der Waals surface area (Å²) in [6.45, 7) is 4.29. The number of hydrogen-bond acceptors (Lipinski definition) is 5. The van der Waals surface area contributed by atoms with Gasteiger partial charge in [-0.2, -0.15) is 0 Å². The van der Waals surface area contributed by atoms with E-state index < -0.39 is 5.97 Å². The highest BCUT2D eigenvalue weighted by Crippen LogP contribution is 2.26. The lowest BCUT2D eigenvalue weighted by Crippen LogP contribution is -1.99. The molecule has 0 radical (unpaired) electrons. The van der Waals surface area contributed by atoms with Crippen LogP contribution in [0, 0.1) is 6.92 Å². The molecule has 2 N–H and O–H groups in total. The predicted octanol–water partition coefficient (Wildman–Crippen LogP) is 3.29. The average molecular weight is 278 g/mol. The van der Waals surface area contributed by atoms with Crippen molar-refractivity contribution in [3.05, 3.63) is 34.8 Å².